The number of allylic oxidation sites excluding steroid dienone is 2. The summed E-state index contributed by atoms with van der Waals surface area (Å²) < 4.78 is 11.1. The van der Waals surface area contributed by atoms with Crippen LogP contribution in [0, 0.1) is 0 Å². The summed E-state index contributed by atoms with van der Waals surface area (Å²) in [5, 5.41) is 0. The fourth-order valence-electron chi connectivity index (χ4n) is 2.79. The van der Waals surface area contributed by atoms with Gasteiger partial charge in [0, 0.05) is 12.0 Å². The van der Waals surface area contributed by atoms with Crippen LogP contribution in [0.4, 0.5) is 0 Å². The average molecular weight is 338 g/mol. The maximum atomic E-state index is 12.8. The summed E-state index contributed by atoms with van der Waals surface area (Å²) in [5.74, 6) is 1.45. The van der Waals surface area contributed by atoms with Gasteiger partial charge >= 0.3 is 0 Å². The highest BCUT2D eigenvalue weighted by molar-refractivity contribution is 5.99. The number of benzene rings is 2. The lowest BCUT2D eigenvalue weighted by Gasteiger charge is -2.16. The van der Waals surface area contributed by atoms with E-state index in [9.17, 15) is 4.79 Å². The van der Waals surface area contributed by atoms with Crippen LogP contribution < -0.4 is 9.47 Å². The van der Waals surface area contributed by atoms with Gasteiger partial charge in [-0.15, -0.1) is 0 Å². The summed E-state index contributed by atoms with van der Waals surface area (Å²) in [7, 11) is 3.24. The standard InChI is InChI=1S/C22H26O3/c1-16(2)10-12-19-21(24-3)15-13-18(22(19)25-4)20(23)14-11-17-8-6-5-7-9-17/h5-10,13,15H,11-12,14H2,1-4H3. The highest BCUT2D eigenvalue weighted by Crippen LogP contribution is 2.34. The predicted octanol–water partition coefficient (Wildman–Crippen LogP) is 5.03. The van der Waals surface area contributed by atoms with Crippen LogP contribution >= 0.6 is 0 Å². The number of carbonyl (C=O) groups is 1. The molecule has 132 valence electrons. The molecule has 0 unspecified atom stereocenters. The van der Waals surface area contributed by atoms with E-state index < -0.39 is 0 Å². The van der Waals surface area contributed by atoms with Crippen molar-refractivity contribution in [2.45, 2.75) is 33.1 Å². The second-order valence-electron chi connectivity index (χ2n) is 6.22. The first-order chi connectivity index (χ1) is 12.1. The number of aryl methyl sites for hydroxylation is 1. The van der Waals surface area contributed by atoms with Gasteiger partial charge in [0.25, 0.3) is 0 Å². The maximum absolute atomic E-state index is 12.8. The summed E-state index contributed by atoms with van der Waals surface area (Å²) in [6.45, 7) is 4.10. The van der Waals surface area contributed by atoms with Crippen LogP contribution in [-0.4, -0.2) is 20.0 Å². The van der Waals surface area contributed by atoms with Crippen LogP contribution in [0.2, 0.25) is 0 Å². The molecular formula is C22H26O3. The summed E-state index contributed by atoms with van der Waals surface area (Å²) in [6, 6.07) is 13.7. The minimum Gasteiger partial charge on any atom is -0.496 e. The molecule has 25 heavy (non-hydrogen) atoms. The summed E-state index contributed by atoms with van der Waals surface area (Å²) in [5.41, 5.74) is 3.91. The lowest BCUT2D eigenvalue weighted by atomic mass is 9.97. The van der Waals surface area contributed by atoms with Crippen LogP contribution in [0.3, 0.4) is 0 Å². The Morgan fingerprint density at radius 1 is 1.00 bits per heavy atom. The normalized spacial score (nSPS) is 10.2. The fourth-order valence-corrected chi connectivity index (χ4v) is 2.79. The largest absolute Gasteiger partial charge is 0.496 e. The zero-order valence-corrected chi connectivity index (χ0v) is 15.5. The third kappa shape index (κ3) is 4.96. The molecule has 3 nitrogen and oxygen atoms in total. The molecule has 3 heteroatoms. The number of rotatable bonds is 8. The molecular weight excluding hydrogens is 312 g/mol. The second-order valence-corrected chi connectivity index (χ2v) is 6.22. The third-order valence-corrected chi connectivity index (χ3v) is 4.14. The van der Waals surface area contributed by atoms with E-state index >= 15 is 0 Å². The van der Waals surface area contributed by atoms with Gasteiger partial charge in [-0.25, -0.2) is 0 Å². The minimum absolute atomic E-state index is 0.0850. The zero-order valence-electron chi connectivity index (χ0n) is 15.5. The van der Waals surface area contributed by atoms with Crippen LogP contribution in [0.1, 0.15) is 41.8 Å². The molecule has 0 saturated heterocycles. The van der Waals surface area contributed by atoms with Crippen molar-refractivity contribution in [3.8, 4) is 11.5 Å². The smallest absolute Gasteiger partial charge is 0.166 e. The van der Waals surface area contributed by atoms with Gasteiger partial charge in [-0.3, -0.25) is 4.79 Å². The van der Waals surface area contributed by atoms with Crippen molar-refractivity contribution in [1.82, 2.24) is 0 Å². The van der Waals surface area contributed by atoms with Gasteiger partial charge in [0.2, 0.25) is 0 Å². The number of hydrogen-bond donors (Lipinski definition) is 0. The molecule has 0 aromatic heterocycles. The molecule has 0 radical (unpaired) electrons. The molecule has 2 aromatic carbocycles. The molecule has 2 aromatic rings. The Morgan fingerprint density at radius 2 is 1.72 bits per heavy atom. The number of methoxy groups -OCH3 is 2. The van der Waals surface area contributed by atoms with Gasteiger partial charge in [-0.1, -0.05) is 42.0 Å². The van der Waals surface area contributed by atoms with Crippen molar-refractivity contribution in [2.24, 2.45) is 0 Å². The number of carbonyl (C=O) groups excluding carboxylic acids is 1. The Balaban J connectivity index is 2.28. The van der Waals surface area contributed by atoms with Gasteiger partial charge in [-0.05, 0) is 44.4 Å². The third-order valence-electron chi connectivity index (χ3n) is 4.14. The molecule has 0 bridgehead atoms. The first kappa shape index (κ1) is 18.8. The van der Waals surface area contributed by atoms with Crippen LogP contribution in [-0.2, 0) is 12.8 Å². The average Bonchev–Trinajstić information content (AvgIpc) is 2.64. The van der Waals surface area contributed by atoms with Crippen molar-refractivity contribution < 1.29 is 14.3 Å². The lowest BCUT2D eigenvalue weighted by Crippen LogP contribution is -2.07. The van der Waals surface area contributed by atoms with Crippen molar-refractivity contribution in [2.75, 3.05) is 14.2 Å². The van der Waals surface area contributed by atoms with Crippen LogP contribution in [0.15, 0.2) is 54.1 Å². The molecule has 0 spiro atoms. The molecule has 0 N–H and O–H groups in total. The quantitative estimate of drug-likeness (QED) is 0.500. The van der Waals surface area contributed by atoms with Crippen molar-refractivity contribution in [1.29, 1.82) is 0 Å². The molecule has 0 fully saturated rings. The molecule has 0 saturated carbocycles. The van der Waals surface area contributed by atoms with Crippen molar-refractivity contribution in [3.05, 3.63) is 70.8 Å². The highest BCUT2D eigenvalue weighted by atomic mass is 16.5. The van der Waals surface area contributed by atoms with Gasteiger partial charge in [-0.2, -0.15) is 0 Å². The van der Waals surface area contributed by atoms with E-state index in [0.717, 1.165) is 23.3 Å². The number of ketones is 1. The van der Waals surface area contributed by atoms with Gasteiger partial charge < -0.3 is 9.47 Å². The van der Waals surface area contributed by atoms with E-state index in [1.807, 2.05) is 50.2 Å². The van der Waals surface area contributed by atoms with Gasteiger partial charge in [0.1, 0.15) is 11.5 Å². The summed E-state index contributed by atoms with van der Waals surface area (Å²) in [4.78, 5) is 12.8. The number of ether oxygens (including phenoxy) is 2. The fraction of sp³-hybridized carbons (Fsp3) is 0.318. The van der Waals surface area contributed by atoms with E-state index in [1.165, 1.54) is 5.57 Å². The second kappa shape index (κ2) is 9.07. The van der Waals surface area contributed by atoms with E-state index in [0.29, 0.717) is 24.2 Å². The monoisotopic (exact) mass is 338 g/mol. The Hall–Kier alpha value is -2.55. The molecule has 0 aliphatic carbocycles. The van der Waals surface area contributed by atoms with Crippen LogP contribution in [0.25, 0.3) is 0 Å². The van der Waals surface area contributed by atoms with Crippen molar-refractivity contribution >= 4 is 5.78 Å². The maximum Gasteiger partial charge on any atom is 0.166 e. The number of Topliss-reactive ketones (excluding diaryl/α,β-unsaturated/α-hetero) is 1. The molecule has 0 amide bonds. The lowest BCUT2D eigenvalue weighted by molar-refractivity contribution is 0.0979. The summed E-state index contributed by atoms with van der Waals surface area (Å²) >= 11 is 0. The highest BCUT2D eigenvalue weighted by Gasteiger charge is 2.19. The Labute approximate surface area is 150 Å². The van der Waals surface area contributed by atoms with Crippen LogP contribution in [0.5, 0.6) is 11.5 Å². The van der Waals surface area contributed by atoms with E-state index in [2.05, 4.69) is 6.08 Å². The molecule has 0 aliphatic rings. The summed E-state index contributed by atoms with van der Waals surface area (Å²) in [6.07, 6.45) is 3.96. The van der Waals surface area contributed by atoms with E-state index in [-0.39, 0.29) is 5.78 Å². The SMILES string of the molecule is COc1ccc(C(=O)CCc2ccccc2)c(OC)c1CC=C(C)C. The number of hydrogen-bond acceptors (Lipinski definition) is 3. The first-order valence-electron chi connectivity index (χ1n) is 8.51. The Kier molecular flexibility index (Phi) is 6.81. The van der Waals surface area contributed by atoms with Gasteiger partial charge in [0.15, 0.2) is 5.78 Å². The first-order valence-corrected chi connectivity index (χ1v) is 8.51. The zero-order chi connectivity index (χ0) is 18.2. The molecule has 0 atom stereocenters. The van der Waals surface area contributed by atoms with Crippen molar-refractivity contribution in [3.63, 3.8) is 0 Å². The van der Waals surface area contributed by atoms with E-state index in [4.69, 9.17) is 9.47 Å². The minimum atomic E-state index is 0.0850. The Bertz CT molecular complexity index is 741. The van der Waals surface area contributed by atoms with Gasteiger partial charge in [0.05, 0.1) is 19.8 Å². The molecule has 0 aliphatic heterocycles. The predicted molar refractivity (Wildman–Crippen MR) is 102 cm³/mol. The molecule has 2 rings (SSSR count). The Morgan fingerprint density at radius 3 is 2.32 bits per heavy atom. The topological polar surface area (TPSA) is 35.5 Å². The molecule has 0 heterocycles. The van der Waals surface area contributed by atoms with E-state index in [1.54, 1.807) is 20.3 Å².